The van der Waals surface area contributed by atoms with Crippen LogP contribution in [0, 0.1) is 5.92 Å². The van der Waals surface area contributed by atoms with Gasteiger partial charge in [0.05, 0.1) is 7.11 Å². The van der Waals surface area contributed by atoms with Crippen molar-refractivity contribution < 1.29 is 14.3 Å². The van der Waals surface area contributed by atoms with Crippen LogP contribution in [-0.4, -0.2) is 39.3 Å². The number of hydrogen-bond acceptors (Lipinski definition) is 4. The fourth-order valence-corrected chi connectivity index (χ4v) is 2.07. The zero-order valence-electron chi connectivity index (χ0n) is 12.4. The summed E-state index contributed by atoms with van der Waals surface area (Å²) in [6, 6.07) is 5.66. The van der Waals surface area contributed by atoms with Crippen molar-refractivity contribution in [3.05, 3.63) is 36.4 Å². The van der Waals surface area contributed by atoms with Gasteiger partial charge in [-0.25, -0.2) is 0 Å². The molecule has 0 unspecified atom stereocenters. The van der Waals surface area contributed by atoms with Crippen molar-refractivity contribution in [2.75, 3.05) is 33.4 Å². The minimum atomic E-state index is -0.112. The van der Waals surface area contributed by atoms with Crippen LogP contribution in [-0.2, 0) is 11.2 Å². The Kier molecular flexibility index (Phi) is 5.63. The van der Waals surface area contributed by atoms with Gasteiger partial charge in [0.2, 0.25) is 0 Å². The summed E-state index contributed by atoms with van der Waals surface area (Å²) in [5.41, 5.74) is 1.09. The van der Waals surface area contributed by atoms with Crippen LogP contribution in [0.25, 0.3) is 0 Å². The number of benzene rings is 1. The predicted octanol–water partition coefficient (Wildman–Crippen LogP) is 1.14. The van der Waals surface area contributed by atoms with Gasteiger partial charge < -0.3 is 20.1 Å². The van der Waals surface area contributed by atoms with Gasteiger partial charge in [-0.1, -0.05) is 12.1 Å². The molecular weight excluding hydrogens is 268 g/mol. The van der Waals surface area contributed by atoms with Crippen LogP contribution in [0.5, 0.6) is 11.5 Å². The summed E-state index contributed by atoms with van der Waals surface area (Å²) >= 11 is 0. The van der Waals surface area contributed by atoms with Crippen LogP contribution >= 0.6 is 0 Å². The van der Waals surface area contributed by atoms with Crippen LogP contribution in [0.3, 0.4) is 0 Å². The van der Waals surface area contributed by atoms with Gasteiger partial charge in [-0.05, 0) is 24.1 Å². The van der Waals surface area contributed by atoms with E-state index in [0.717, 1.165) is 25.1 Å². The minimum Gasteiger partial charge on any atom is -0.493 e. The highest BCUT2D eigenvalue weighted by Crippen LogP contribution is 2.28. The van der Waals surface area contributed by atoms with E-state index in [0.29, 0.717) is 24.0 Å². The smallest absolute Gasteiger partial charge is 0.257 e. The van der Waals surface area contributed by atoms with Gasteiger partial charge in [0, 0.05) is 25.6 Å². The maximum absolute atomic E-state index is 11.7. The van der Waals surface area contributed by atoms with E-state index < -0.39 is 0 Å². The molecule has 1 aromatic rings. The van der Waals surface area contributed by atoms with Gasteiger partial charge in [-0.3, -0.25) is 4.79 Å². The number of methoxy groups -OCH3 is 1. The molecule has 1 heterocycles. The summed E-state index contributed by atoms with van der Waals surface area (Å²) in [6.07, 6.45) is 2.60. The van der Waals surface area contributed by atoms with Crippen molar-refractivity contribution in [1.29, 1.82) is 0 Å². The summed E-state index contributed by atoms with van der Waals surface area (Å²) in [7, 11) is 1.59. The van der Waals surface area contributed by atoms with Crippen LogP contribution in [0.2, 0.25) is 0 Å². The van der Waals surface area contributed by atoms with Crippen molar-refractivity contribution in [2.24, 2.45) is 5.92 Å². The van der Waals surface area contributed by atoms with Gasteiger partial charge in [-0.15, -0.1) is 6.58 Å². The van der Waals surface area contributed by atoms with E-state index in [4.69, 9.17) is 9.47 Å². The Balaban J connectivity index is 1.83. The first kappa shape index (κ1) is 15.4. The number of carbonyl (C=O) groups excluding carboxylic acids is 1. The topological polar surface area (TPSA) is 59.6 Å². The molecule has 0 aromatic heterocycles. The highest BCUT2D eigenvalue weighted by atomic mass is 16.5. The number of hydrogen-bond donors (Lipinski definition) is 2. The van der Waals surface area contributed by atoms with Crippen molar-refractivity contribution in [2.45, 2.75) is 6.42 Å². The molecule has 5 heteroatoms. The van der Waals surface area contributed by atoms with Crippen molar-refractivity contribution in [3.8, 4) is 11.5 Å². The second-order valence-corrected chi connectivity index (χ2v) is 5.10. The van der Waals surface area contributed by atoms with Crippen LogP contribution in [0.4, 0.5) is 0 Å². The molecule has 1 aromatic carbocycles. The molecule has 21 heavy (non-hydrogen) atoms. The third kappa shape index (κ3) is 4.49. The first-order valence-electron chi connectivity index (χ1n) is 7.11. The van der Waals surface area contributed by atoms with Crippen LogP contribution in [0.1, 0.15) is 5.56 Å². The molecule has 2 N–H and O–H groups in total. The highest BCUT2D eigenvalue weighted by Gasteiger charge is 2.17. The van der Waals surface area contributed by atoms with E-state index in [2.05, 4.69) is 17.2 Å². The largest absolute Gasteiger partial charge is 0.493 e. The second kappa shape index (κ2) is 7.69. The van der Waals surface area contributed by atoms with E-state index in [-0.39, 0.29) is 12.5 Å². The minimum absolute atomic E-state index is 0.00267. The number of allylic oxidation sites excluding steroid dienone is 1. The summed E-state index contributed by atoms with van der Waals surface area (Å²) in [5.74, 6) is 1.64. The Bertz CT molecular complexity index is 498. The van der Waals surface area contributed by atoms with Crippen molar-refractivity contribution in [1.82, 2.24) is 10.6 Å². The molecule has 1 aliphatic rings. The zero-order chi connectivity index (χ0) is 15.1. The van der Waals surface area contributed by atoms with E-state index in [9.17, 15) is 4.79 Å². The fourth-order valence-electron chi connectivity index (χ4n) is 2.07. The first-order chi connectivity index (χ1) is 10.2. The average molecular weight is 290 g/mol. The number of rotatable bonds is 8. The molecule has 0 radical (unpaired) electrons. The lowest BCUT2D eigenvalue weighted by Gasteiger charge is -2.27. The third-order valence-electron chi connectivity index (χ3n) is 3.42. The Morgan fingerprint density at radius 2 is 2.29 bits per heavy atom. The van der Waals surface area contributed by atoms with Crippen LogP contribution < -0.4 is 20.1 Å². The zero-order valence-corrected chi connectivity index (χ0v) is 12.4. The van der Waals surface area contributed by atoms with E-state index in [1.807, 2.05) is 24.3 Å². The highest BCUT2D eigenvalue weighted by molar-refractivity contribution is 5.77. The van der Waals surface area contributed by atoms with Gasteiger partial charge in [0.1, 0.15) is 0 Å². The molecule has 0 spiro atoms. The van der Waals surface area contributed by atoms with Gasteiger partial charge in [0.15, 0.2) is 18.1 Å². The molecule has 1 saturated heterocycles. The third-order valence-corrected chi connectivity index (χ3v) is 3.42. The molecule has 0 aliphatic carbocycles. The molecule has 0 saturated carbocycles. The molecule has 0 bridgehead atoms. The lowest BCUT2D eigenvalue weighted by molar-refractivity contribution is -0.123. The molecule has 114 valence electrons. The van der Waals surface area contributed by atoms with Crippen molar-refractivity contribution >= 4 is 5.91 Å². The second-order valence-electron chi connectivity index (χ2n) is 5.10. The number of ether oxygens (including phenoxy) is 2. The van der Waals surface area contributed by atoms with E-state index in [1.54, 1.807) is 7.11 Å². The maximum atomic E-state index is 11.7. The SMILES string of the molecule is C=CCc1ccc(OCC(=O)NCC2CNC2)c(OC)c1. The number of nitrogens with one attached hydrogen (secondary N) is 2. The average Bonchev–Trinajstić information content (AvgIpc) is 2.44. The molecule has 0 atom stereocenters. The monoisotopic (exact) mass is 290 g/mol. The van der Waals surface area contributed by atoms with Gasteiger partial charge in [-0.2, -0.15) is 0 Å². The van der Waals surface area contributed by atoms with Gasteiger partial charge in [0.25, 0.3) is 5.91 Å². The molecule has 1 amide bonds. The first-order valence-corrected chi connectivity index (χ1v) is 7.11. The van der Waals surface area contributed by atoms with Gasteiger partial charge >= 0.3 is 0 Å². The Hall–Kier alpha value is -2.01. The number of amides is 1. The Labute approximate surface area is 125 Å². The Morgan fingerprint density at radius 3 is 2.90 bits per heavy atom. The predicted molar refractivity (Wildman–Crippen MR) is 81.8 cm³/mol. The summed E-state index contributed by atoms with van der Waals surface area (Å²) in [4.78, 5) is 11.7. The van der Waals surface area contributed by atoms with E-state index >= 15 is 0 Å². The van der Waals surface area contributed by atoms with Crippen molar-refractivity contribution in [3.63, 3.8) is 0 Å². The summed E-state index contributed by atoms with van der Waals surface area (Å²) in [6.45, 7) is 6.35. The fraction of sp³-hybridized carbons (Fsp3) is 0.438. The molecule has 1 aliphatic heterocycles. The normalized spacial score (nSPS) is 14.1. The lowest BCUT2D eigenvalue weighted by atomic mass is 10.0. The molecule has 5 nitrogen and oxygen atoms in total. The molecular formula is C16H22N2O3. The number of carbonyl (C=O) groups is 1. The lowest BCUT2D eigenvalue weighted by Crippen LogP contribution is -2.48. The maximum Gasteiger partial charge on any atom is 0.257 e. The standard InChI is InChI=1S/C16H22N2O3/c1-3-4-12-5-6-14(15(7-12)20-2)21-11-16(19)18-10-13-8-17-9-13/h3,5-7,13,17H,1,4,8-11H2,2H3,(H,18,19). The summed E-state index contributed by atoms with van der Waals surface area (Å²) < 4.78 is 10.8. The van der Waals surface area contributed by atoms with E-state index in [1.165, 1.54) is 0 Å². The molecule has 1 fully saturated rings. The molecule has 2 rings (SSSR count). The quantitative estimate of drug-likeness (QED) is 0.705. The Morgan fingerprint density at radius 1 is 1.48 bits per heavy atom. The summed E-state index contributed by atoms with van der Waals surface area (Å²) in [5, 5.41) is 6.03. The van der Waals surface area contributed by atoms with Crippen LogP contribution in [0.15, 0.2) is 30.9 Å².